The van der Waals surface area contributed by atoms with Gasteiger partial charge in [-0.2, -0.15) is 5.26 Å². The molecule has 16 heavy (non-hydrogen) atoms. The van der Waals surface area contributed by atoms with E-state index in [1.54, 1.807) is 35.2 Å². The zero-order valence-electron chi connectivity index (χ0n) is 8.89. The molecule has 0 radical (unpaired) electrons. The summed E-state index contributed by atoms with van der Waals surface area (Å²) in [6, 6.07) is 9.20. The van der Waals surface area contributed by atoms with Crippen molar-refractivity contribution in [2.45, 2.75) is 18.9 Å². The monoisotopic (exact) mass is 212 g/mol. The van der Waals surface area contributed by atoms with Crippen LogP contribution in [0.5, 0.6) is 0 Å². The van der Waals surface area contributed by atoms with Crippen molar-refractivity contribution in [3.8, 4) is 6.07 Å². The molecule has 0 aromatic heterocycles. The third kappa shape index (κ3) is 1.70. The second-order valence-electron chi connectivity index (χ2n) is 3.76. The van der Waals surface area contributed by atoms with Gasteiger partial charge >= 0.3 is 0 Å². The first-order chi connectivity index (χ1) is 7.76. The van der Waals surface area contributed by atoms with Crippen molar-refractivity contribution in [1.29, 1.82) is 5.26 Å². The predicted molar refractivity (Wildman–Crippen MR) is 61.9 cm³/mol. The maximum atomic E-state index is 11.7. The highest BCUT2D eigenvalue weighted by Gasteiger charge is 2.29. The number of amides is 1. The molecule has 1 aromatic carbocycles. The van der Waals surface area contributed by atoms with Crippen LogP contribution in [0.25, 0.3) is 0 Å². The lowest BCUT2D eigenvalue weighted by Gasteiger charge is -2.22. The van der Waals surface area contributed by atoms with Gasteiger partial charge in [0.2, 0.25) is 5.91 Å². The second-order valence-corrected chi connectivity index (χ2v) is 3.76. The molecule has 0 spiro atoms. The summed E-state index contributed by atoms with van der Waals surface area (Å²) >= 11 is 0. The summed E-state index contributed by atoms with van der Waals surface area (Å²) in [5, 5.41) is 8.70. The molecule has 1 aliphatic heterocycles. The van der Waals surface area contributed by atoms with Gasteiger partial charge in [-0.1, -0.05) is 6.08 Å². The lowest BCUT2D eigenvalue weighted by atomic mass is 10.2. The molecule has 0 aliphatic carbocycles. The number of hydrogen-bond donors (Lipinski definition) is 0. The summed E-state index contributed by atoms with van der Waals surface area (Å²) in [5.74, 6) is 0.120. The lowest BCUT2D eigenvalue weighted by molar-refractivity contribution is -0.117. The van der Waals surface area contributed by atoms with Gasteiger partial charge in [0.25, 0.3) is 0 Å². The van der Waals surface area contributed by atoms with E-state index in [0.29, 0.717) is 12.0 Å². The maximum absolute atomic E-state index is 11.7. The number of nitrogens with zero attached hydrogens (tertiary/aromatic N) is 2. The maximum Gasteiger partial charge on any atom is 0.227 e. The molecule has 1 saturated heterocycles. The van der Waals surface area contributed by atoms with Crippen LogP contribution >= 0.6 is 0 Å². The molecular weight excluding hydrogens is 200 g/mol. The van der Waals surface area contributed by atoms with E-state index in [-0.39, 0.29) is 11.9 Å². The van der Waals surface area contributed by atoms with Crippen molar-refractivity contribution in [3.63, 3.8) is 0 Å². The first-order valence-corrected chi connectivity index (χ1v) is 5.21. The van der Waals surface area contributed by atoms with Crippen LogP contribution < -0.4 is 4.90 Å². The number of hydrogen-bond acceptors (Lipinski definition) is 2. The van der Waals surface area contributed by atoms with Gasteiger partial charge in [0.1, 0.15) is 0 Å². The van der Waals surface area contributed by atoms with Gasteiger partial charge in [-0.15, -0.1) is 6.58 Å². The van der Waals surface area contributed by atoms with Crippen molar-refractivity contribution in [2.24, 2.45) is 0 Å². The Morgan fingerprint density at radius 2 is 2.12 bits per heavy atom. The molecule has 80 valence electrons. The summed E-state index contributed by atoms with van der Waals surface area (Å²) in [4.78, 5) is 13.5. The number of carbonyl (C=O) groups excluding carboxylic acids is 1. The first-order valence-electron chi connectivity index (χ1n) is 5.21. The van der Waals surface area contributed by atoms with Crippen LogP contribution in [0.2, 0.25) is 0 Å². The minimum absolute atomic E-state index is 0.0837. The van der Waals surface area contributed by atoms with Crippen LogP contribution in [0.1, 0.15) is 18.4 Å². The van der Waals surface area contributed by atoms with Gasteiger partial charge in [-0.05, 0) is 30.7 Å². The lowest BCUT2D eigenvalue weighted by Crippen LogP contribution is -2.31. The van der Waals surface area contributed by atoms with E-state index in [1.807, 2.05) is 0 Å². The highest BCUT2D eigenvalue weighted by molar-refractivity contribution is 5.96. The molecule has 3 nitrogen and oxygen atoms in total. The molecule has 1 aliphatic rings. The topological polar surface area (TPSA) is 44.1 Å². The molecule has 0 N–H and O–H groups in total. The predicted octanol–water partition coefficient (Wildman–Crippen LogP) is 2.24. The number of anilines is 1. The third-order valence-corrected chi connectivity index (χ3v) is 2.80. The smallest absolute Gasteiger partial charge is 0.227 e. The van der Waals surface area contributed by atoms with Crippen molar-refractivity contribution in [1.82, 2.24) is 0 Å². The Bertz CT molecular complexity index is 456. The summed E-state index contributed by atoms with van der Waals surface area (Å²) in [5.41, 5.74) is 1.44. The van der Waals surface area contributed by atoms with Crippen LogP contribution in [0, 0.1) is 11.3 Å². The average molecular weight is 212 g/mol. The quantitative estimate of drug-likeness (QED) is 0.706. The van der Waals surface area contributed by atoms with E-state index in [0.717, 1.165) is 12.1 Å². The SMILES string of the molecule is C=CC1CCC(=O)N1c1ccc(C#N)cc1. The fourth-order valence-corrected chi connectivity index (χ4v) is 1.96. The molecule has 3 heteroatoms. The largest absolute Gasteiger partial charge is 0.306 e. The number of benzene rings is 1. The normalized spacial score (nSPS) is 19.6. The Labute approximate surface area is 94.6 Å². The molecule has 0 bridgehead atoms. The van der Waals surface area contributed by atoms with E-state index in [9.17, 15) is 4.79 Å². The van der Waals surface area contributed by atoms with Crippen LogP contribution in [-0.4, -0.2) is 11.9 Å². The molecule has 1 fully saturated rings. The molecule has 1 aromatic rings. The Morgan fingerprint density at radius 1 is 1.44 bits per heavy atom. The fraction of sp³-hybridized carbons (Fsp3) is 0.231. The Kier molecular flexibility index (Phi) is 2.74. The van der Waals surface area contributed by atoms with Gasteiger partial charge in [0.05, 0.1) is 17.7 Å². The summed E-state index contributed by atoms with van der Waals surface area (Å²) < 4.78 is 0. The molecule has 2 rings (SSSR count). The van der Waals surface area contributed by atoms with Crippen LogP contribution in [0.4, 0.5) is 5.69 Å². The molecule has 1 heterocycles. The highest BCUT2D eigenvalue weighted by atomic mass is 16.2. The standard InChI is InChI=1S/C13H12N2O/c1-2-11-7-8-13(16)15(11)12-5-3-10(9-14)4-6-12/h2-6,11H,1,7-8H2. The van der Waals surface area contributed by atoms with E-state index in [2.05, 4.69) is 12.6 Å². The number of nitriles is 1. The van der Waals surface area contributed by atoms with Crippen LogP contribution in [-0.2, 0) is 4.79 Å². The molecule has 1 atom stereocenters. The molecular formula is C13H12N2O. The van der Waals surface area contributed by atoms with Crippen LogP contribution in [0.15, 0.2) is 36.9 Å². The third-order valence-electron chi connectivity index (χ3n) is 2.80. The zero-order valence-corrected chi connectivity index (χ0v) is 8.89. The van der Waals surface area contributed by atoms with Gasteiger partial charge < -0.3 is 4.90 Å². The molecule has 1 unspecified atom stereocenters. The van der Waals surface area contributed by atoms with Crippen molar-refractivity contribution >= 4 is 11.6 Å². The second kappa shape index (κ2) is 4.19. The van der Waals surface area contributed by atoms with Crippen molar-refractivity contribution < 1.29 is 4.79 Å². The summed E-state index contributed by atoms with van der Waals surface area (Å²) in [7, 11) is 0. The number of carbonyl (C=O) groups is 1. The van der Waals surface area contributed by atoms with Gasteiger partial charge in [-0.3, -0.25) is 4.79 Å². The van der Waals surface area contributed by atoms with Crippen molar-refractivity contribution in [3.05, 3.63) is 42.5 Å². The Morgan fingerprint density at radius 3 is 2.69 bits per heavy atom. The van der Waals surface area contributed by atoms with Crippen molar-refractivity contribution in [2.75, 3.05) is 4.90 Å². The van der Waals surface area contributed by atoms with E-state index < -0.39 is 0 Å². The Balaban J connectivity index is 2.32. The summed E-state index contributed by atoms with van der Waals surface area (Å²) in [6.07, 6.45) is 3.18. The van der Waals surface area contributed by atoms with E-state index in [1.165, 1.54) is 0 Å². The van der Waals surface area contributed by atoms with E-state index in [4.69, 9.17) is 5.26 Å². The van der Waals surface area contributed by atoms with Gasteiger partial charge in [-0.25, -0.2) is 0 Å². The number of rotatable bonds is 2. The zero-order chi connectivity index (χ0) is 11.5. The van der Waals surface area contributed by atoms with Gasteiger partial charge in [0, 0.05) is 12.1 Å². The molecule has 1 amide bonds. The average Bonchev–Trinajstić information content (AvgIpc) is 2.70. The first kappa shape index (κ1) is 10.4. The van der Waals surface area contributed by atoms with Crippen LogP contribution in [0.3, 0.4) is 0 Å². The minimum atomic E-state index is 0.0837. The summed E-state index contributed by atoms with van der Waals surface area (Å²) in [6.45, 7) is 3.74. The Hall–Kier alpha value is -2.08. The fourth-order valence-electron chi connectivity index (χ4n) is 1.96. The van der Waals surface area contributed by atoms with Gasteiger partial charge in [0.15, 0.2) is 0 Å². The molecule has 0 saturated carbocycles. The minimum Gasteiger partial charge on any atom is -0.306 e. The van der Waals surface area contributed by atoms with E-state index >= 15 is 0 Å². The highest BCUT2D eigenvalue weighted by Crippen LogP contribution is 2.27.